The van der Waals surface area contributed by atoms with Gasteiger partial charge in [-0.2, -0.15) is 0 Å². The van der Waals surface area contributed by atoms with Crippen LogP contribution in [-0.2, 0) is 6.61 Å². The van der Waals surface area contributed by atoms with E-state index in [1.165, 1.54) is 6.07 Å². The molecule has 0 bridgehead atoms. The van der Waals surface area contributed by atoms with Crippen molar-refractivity contribution in [1.82, 2.24) is 5.16 Å². The number of hydrogen-bond acceptors (Lipinski definition) is 3. The molecule has 0 saturated carbocycles. The molecule has 5 heteroatoms. The second-order valence-electron chi connectivity index (χ2n) is 4.99. The van der Waals surface area contributed by atoms with Gasteiger partial charge >= 0.3 is 0 Å². The number of nitrogens with zero attached hydrogens (tertiary/aromatic N) is 1. The summed E-state index contributed by atoms with van der Waals surface area (Å²) in [5.74, 6) is -1.49. The molecule has 0 aliphatic heterocycles. The van der Waals surface area contributed by atoms with Crippen molar-refractivity contribution in [3.05, 3.63) is 65.2 Å². The van der Waals surface area contributed by atoms with Crippen molar-refractivity contribution in [2.75, 3.05) is 0 Å². The summed E-state index contributed by atoms with van der Waals surface area (Å²) in [5.41, 5.74) is 2.95. The topological polar surface area (TPSA) is 46.3 Å². The van der Waals surface area contributed by atoms with E-state index >= 15 is 0 Å². The third-order valence-electron chi connectivity index (χ3n) is 3.45. The van der Waals surface area contributed by atoms with Gasteiger partial charge in [-0.25, -0.2) is 8.78 Å². The summed E-state index contributed by atoms with van der Waals surface area (Å²) in [6.07, 6.45) is 0. The van der Waals surface area contributed by atoms with E-state index in [-0.39, 0.29) is 6.61 Å². The van der Waals surface area contributed by atoms with E-state index in [1.807, 2.05) is 31.2 Å². The van der Waals surface area contributed by atoms with Gasteiger partial charge < -0.3 is 9.63 Å². The third kappa shape index (κ3) is 2.51. The minimum atomic E-state index is -0.971. The molecule has 0 unspecified atom stereocenters. The van der Waals surface area contributed by atoms with Gasteiger partial charge in [0.2, 0.25) is 0 Å². The highest BCUT2D eigenvalue weighted by Crippen LogP contribution is 2.32. The Kier molecular flexibility index (Phi) is 3.73. The molecule has 3 nitrogen and oxygen atoms in total. The molecule has 0 spiro atoms. The Morgan fingerprint density at radius 2 is 1.68 bits per heavy atom. The number of halogens is 2. The van der Waals surface area contributed by atoms with Crippen molar-refractivity contribution in [3.63, 3.8) is 0 Å². The summed E-state index contributed by atoms with van der Waals surface area (Å²) in [7, 11) is 0. The number of benzene rings is 2. The highest BCUT2D eigenvalue weighted by atomic mass is 19.2. The van der Waals surface area contributed by atoms with Gasteiger partial charge in [-0.3, -0.25) is 0 Å². The fourth-order valence-corrected chi connectivity index (χ4v) is 2.26. The fraction of sp³-hybridized carbons (Fsp3) is 0.118. The van der Waals surface area contributed by atoms with Crippen LogP contribution in [0, 0.1) is 18.6 Å². The van der Waals surface area contributed by atoms with E-state index in [0.717, 1.165) is 23.3 Å². The smallest absolute Gasteiger partial charge is 0.173 e. The molecular formula is C17H13F2NO2. The lowest BCUT2D eigenvalue weighted by Gasteiger charge is -2.02. The van der Waals surface area contributed by atoms with E-state index in [4.69, 9.17) is 4.52 Å². The van der Waals surface area contributed by atoms with Crippen LogP contribution >= 0.6 is 0 Å². The first kappa shape index (κ1) is 14.4. The van der Waals surface area contributed by atoms with E-state index in [9.17, 15) is 13.9 Å². The lowest BCUT2D eigenvalue weighted by atomic mass is 10.0. The summed E-state index contributed by atoms with van der Waals surface area (Å²) in [5, 5.41) is 13.5. The molecule has 1 aromatic heterocycles. The second-order valence-corrected chi connectivity index (χ2v) is 4.99. The van der Waals surface area contributed by atoms with E-state index in [2.05, 4.69) is 5.16 Å². The largest absolute Gasteiger partial charge is 0.391 e. The summed E-state index contributed by atoms with van der Waals surface area (Å²) in [6.45, 7) is 1.64. The van der Waals surface area contributed by atoms with Gasteiger partial charge in [0, 0.05) is 11.1 Å². The molecule has 0 aliphatic carbocycles. The van der Waals surface area contributed by atoms with Gasteiger partial charge in [0.1, 0.15) is 5.69 Å². The van der Waals surface area contributed by atoms with Gasteiger partial charge in [-0.15, -0.1) is 0 Å². The highest BCUT2D eigenvalue weighted by Gasteiger charge is 2.19. The molecule has 0 radical (unpaired) electrons. The number of hydrogen-bond donors (Lipinski definition) is 1. The van der Waals surface area contributed by atoms with Crippen molar-refractivity contribution >= 4 is 0 Å². The maximum Gasteiger partial charge on any atom is 0.173 e. The SMILES string of the molecule is Cc1ccc(-c2onc(-c3ccc(F)c(F)c3)c2CO)cc1. The molecule has 1 N–H and O–H groups in total. The highest BCUT2D eigenvalue weighted by molar-refractivity contribution is 5.72. The van der Waals surface area contributed by atoms with Crippen molar-refractivity contribution in [2.45, 2.75) is 13.5 Å². The molecule has 22 heavy (non-hydrogen) atoms. The standard InChI is InChI=1S/C17H13F2NO2/c1-10-2-4-11(5-3-10)17-13(9-21)16(20-22-17)12-6-7-14(18)15(19)8-12/h2-8,21H,9H2,1H3. The number of aliphatic hydroxyl groups is 1. The Morgan fingerprint density at radius 1 is 1.00 bits per heavy atom. The average Bonchev–Trinajstić information content (AvgIpc) is 2.94. The van der Waals surface area contributed by atoms with Crippen LogP contribution in [0.3, 0.4) is 0 Å². The van der Waals surface area contributed by atoms with Gasteiger partial charge in [0.15, 0.2) is 17.4 Å². The predicted molar refractivity (Wildman–Crippen MR) is 78.0 cm³/mol. The molecule has 0 aliphatic rings. The van der Waals surface area contributed by atoms with Crippen LogP contribution in [0.25, 0.3) is 22.6 Å². The molecule has 0 amide bonds. The van der Waals surface area contributed by atoms with Gasteiger partial charge in [0.25, 0.3) is 0 Å². The number of aromatic nitrogens is 1. The van der Waals surface area contributed by atoms with Crippen molar-refractivity contribution in [1.29, 1.82) is 0 Å². The Morgan fingerprint density at radius 3 is 2.32 bits per heavy atom. The summed E-state index contributed by atoms with van der Waals surface area (Å²) < 4.78 is 31.7. The van der Waals surface area contributed by atoms with Gasteiger partial charge in [0.05, 0.1) is 12.2 Å². The minimum Gasteiger partial charge on any atom is -0.391 e. The molecule has 3 aromatic rings. The molecule has 0 fully saturated rings. The van der Waals surface area contributed by atoms with Crippen molar-refractivity contribution in [2.24, 2.45) is 0 Å². The Hall–Kier alpha value is -2.53. The van der Waals surface area contributed by atoms with E-state index in [1.54, 1.807) is 0 Å². The number of aryl methyl sites for hydroxylation is 1. The van der Waals surface area contributed by atoms with Crippen molar-refractivity contribution < 1.29 is 18.4 Å². The summed E-state index contributed by atoms with van der Waals surface area (Å²) in [4.78, 5) is 0. The van der Waals surface area contributed by atoms with Crippen LogP contribution in [0.1, 0.15) is 11.1 Å². The van der Waals surface area contributed by atoms with Crippen LogP contribution in [0.5, 0.6) is 0 Å². The summed E-state index contributed by atoms with van der Waals surface area (Å²) >= 11 is 0. The molecule has 0 saturated heterocycles. The molecule has 2 aromatic carbocycles. The maximum atomic E-state index is 13.4. The normalized spacial score (nSPS) is 10.9. The van der Waals surface area contributed by atoms with Crippen LogP contribution in [0.2, 0.25) is 0 Å². The first-order valence-corrected chi connectivity index (χ1v) is 6.72. The Labute approximate surface area is 125 Å². The minimum absolute atomic E-state index is 0.303. The zero-order valence-corrected chi connectivity index (χ0v) is 11.8. The lowest BCUT2D eigenvalue weighted by molar-refractivity contribution is 0.281. The van der Waals surface area contributed by atoms with E-state index < -0.39 is 11.6 Å². The first-order chi connectivity index (χ1) is 10.6. The van der Waals surface area contributed by atoms with Crippen LogP contribution in [-0.4, -0.2) is 10.3 Å². The van der Waals surface area contributed by atoms with Gasteiger partial charge in [-0.1, -0.05) is 35.0 Å². The molecule has 112 valence electrons. The molecule has 0 atom stereocenters. The monoisotopic (exact) mass is 301 g/mol. The van der Waals surface area contributed by atoms with Crippen LogP contribution in [0.4, 0.5) is 8.78 Å². The number of aliphatic hydroxyl groups excluding tert-OH is 1. The predicted octanol–water partition coefficient (Wildman–Crippen LogP) is 4.09. The summed E-state index contributed by atoms with van der Waals surface area (Å²) in [6, 6.07) is 11.0. The van der Waals surface area contributed by atoms with Crippen LogP contribution in [0.15, 0.2) is 47.0 Å². The van der Waals surface area contributed by atoms with Gasteiger partial charge in [-0.05, 0) is 25.1 Å². The first-order valence-electron chi connectivity index (χ1n) is 6.72. The molecule has 3 rings (SSSR count). The zero-order chi connectivity index (χ0) is 15.7. The third-order valence-corrected chi connectivity index (χ3v) is 3.45. The Bertz CT molecular complexity index is 810. The molecular weight excluding hydrogens is 288 g/mol. The fourth-order valence-electron chi connectivity index (χ4n) is 2.26. The Balaban J connectivity index is 2.10. The maximum absolute atomic E-state index is 13.4. The number of rotatable bonds is 3. The second kappa shape index (κ2) is 5.69. The van der Waals surface area contributed by atoms with E-state index in [0.29, 0.717) is 22.6 Å². The van der Waals surface area contributed by atoms with Crippen LogP contribution < -0.4 is 0 Å². The lowest BCUT2D eigenvalue weighted by Crippen LogP contribution is -1.91. The quantitative estimate of drug-likeness (QED) is 0.792. The van der Waals surface area contributed by atoms with Crippen molar-refractivity contribution in [3.8, 4) is 22.6 Å². The zero-order valence-electron chi connectivity index (χ0n) is 11.8. The average molecular weight is 301 g/mol. The molecule has 1 heterocycles.